The van der Waals surface area contributed by atoms with Gasteiger partial charge in [-0.2, -0.15) is 0 Å². The van der Waals surface area contributed by atoms with Crippen molar-refractivity contribution >= 4 is 23.4 Å². The second kappa shape index (κ2) is 7.13. The number of carbonyl (C=O) groups is 3. The normalized spacial score (nSPS) is 17.9. The minimum Gasteiger partial charge on any atom is -0.369 e. The van der Waals surface area contributed by atoms with E-state index in [4.69, 9.17) is 11.5 Å². The molecule has 7 nitrogen and oxygen atoms in total. The third kappa shape index (κ3) is 3.60. The first-order chi connectivity index (χ1) is 12.0. The van der Waals surface area contributed by atoms with Gasteiger partial charge in [0.25, 0.3) is 0 Å². The molecule has 0 aliphatic carbocycles. The van der Waals surface area contributed by atoms with Gasteiger partial charge in [0, 0.05) is 36.8 Å². The molecule has 2 aliphatic heterocycles. The number of hydrogen-bond acceptors (Lipinski definition) is 4. The Morgan fingerprint density at radius 2 is 1.80 bits per heavy atom. The Hall–Kier alpha value is -2.57. The van der Waals surface area contributed by atoms with E-state index in [1.54, 1.807) is 17.0 Å². The van der Waals surface area contributed by atoms with Gasteiger partial charge >= 0.3 is 0 Å². The third-order valence-corrected chi connectivity index (χ3v) is 5.19. The van der Waals surface area contributed by atoms with Crippen molar-refractivity contribution in [2.24, 2.45) is 17.4 Å². The molecule has 1 aromatic carbocycles. The Bertz CT molecular complexity index is 696. The first-order valence-corrected chi connectivity index (χ1v) is 8.71. The minimum absolute atomic E-state index is 0.0419. The number of carbonyl (C=O) groups excluding carboxylic acids is 3. The van der Waals surface area contributed by atoms with Crippen LogP contribution in [0.4, 0.5) is 5.69 Å². The second-order valence-corrected chi connectivity index (χ2v) is 6.75. The molecule has 0 atom stereocenters. The van der Waals surface area contributed by atoms with E-state index in [2.05, 4.69) is 0 Å². The van der Waals surface area contributed by atoms with Crippen LogP contribution in [0.25, 0.3) is 0 Å². The molecule has 1 saturated heterocycles. The average Bonchev–Trinajstić information content (AvgIpc) is 2.61. The zero-order valence-corrected chi connectivity index (χ0v) is 14.2. The SMILES string of the molecule is NC(=O)c1cccc2c1CCCN2CC(=O)N1CCC(C(N)=O)CC1. The van der Waals surface area contributed by atoms with Crippen LogP contribution >= 0.6 is 0 Å². The van der Waals surface area contributed by atoms with Gasteiger partial charge in [-0.3, -0.25) is 14.4 Å². The summed E-state index contributed by atoms with van der Waals surface area (Å²) in [6.07, 6.45) is 2.93. The molecule has 134 valence electrons. The zero-order chi connectivity index (χ0) is 18.0. The Kier molecular flexibility index (Phi) is 4.92. The average molecular weight is 344 g/mol. The molecule has 1 aromatic rings. The Morgan fingerprint density at radius 3 is 2.44 bits per heavy atom. The third-order valence-electron chi connectivity index (χ3n) is 5.19. The maximum atomic E-state index is 12.6. The molecule has 7 heteroatoms. The van der Waals surface area contributed by atoms with Crippen molar-refractivity contribution in [2.45, 2.75) is 25.7 Å². The molecular weight excluding hydrogens is 320 g/mol. The molecule has 2 heterocycles. The van der Waals surface area contributed by atoms with Crippen molar-refractivity contribution in [3.8, 4) is 0 Å². The second-order valence-electron chi connectivity index (χ2n) is 6.75. The molecule has 2 aliphatic rings. The number of nitrogens with zero attached hydrogens (tertiary/aromatic N) is 2. The lowest BCUT2D eigenvalue weighted by Crippen LogP contribution is -2.46. The number of piperidine rings is 1. The maximum Gasteiger partial charge on any atom is 0.249 e. The monoisotopic (exact) mass is 344 g/mol. The number of nitrogens with two attached hydrogens (primary N) is 2. The van der Waals surface area contributed by atoms with Gasteiger partial charge in [0.15, 0.2) is 0 Å². The zero-order valence-electron chi connectivity index (χ0n) is 14.2. The van der Waals surface area contributed by atoms with Gasteiger partial charge in [0.2, 0.25) is 17.7 Å². The lowest BCUT2D eigenvalue weighted by molar-refractivity contribution is -0.133. The molecular formula is C18H24N4O3. The fourth-order valence-electron chi connectivity index (χ4n) is 3.77. The topological polar surface area (TPSA) is 110 Å². The highest BCUT2D eigenvalue weighted by atomic mass is 16.2. The van der Waals surface area contributed by atoms with Crippen molar-refractivity contribution < 1.29 is 14.4 Å². The minimum atomic E-state index is -0.432. The Balaban J connectivity index is 1.69. The van der Waals surface area contributed by atoms with Gasteiger partial charge < -0.3 is 21.3 Å². The number of benzene rings is 1. The largest absolute Gasteiger partial charge is 0.369 e. The summed E-state index contributed by atoms with van der Waals surface area (Å²) in [7, 11) is 0. The molecule has 3 amide bonds. The van der Waals surface area contributed by atoms with E-state index in [0.717, 1.165) is 30.6 Å². The van der Waals surface area contributed by atoms with Crippen molar-refractivity contribution in [1.82, 2.24) is 4.90 Å². The summed E-state index contributed by atoms with van der Waals surface area (Å²) >= 11 is 0. The highest BCUT2D eigenvalue weighted by Crippen LogP contribution is 2.30. The lowest BCUT2D eigenvalue weighted by atomic mass is 9.95. The van der Waals surface area contributed by atoms with Crippen LogP contribution in [0.15, 0.2) is 18.2 Å². The van der Waals surface area contributed by atoms with Crippen LogP contribution in [0.5, 0.6) is 0 Å². The van der Waals surface area contributed by atoms with E-state index in [9.17, 15) is 14.4 Å². The Morgan fingerprint density at radius 1 is 1.08 bits per heavy atom. The van der Waals surface area contributed by atoms with Crippen LogP contribution in [0, 0.1) is 5.92 Å². The van der Waals surface area contributed by atoms with Gasteiger partial charge in [-0.25, -0.2) is 0 Å². The van der Waals surface area contributed by atoms with Gasteiger partial charge in [0.05, 0.1) is 6.54 Å². The fourth-order valence-corrected chi connectivity index (χ4v) is 3.77. The van der Waals surface area contributed by atoms with Gasteiger partial charge in [0.1, 0.15) is 0 Å². The highest BCUT2D eigenvalue weighted by molar-refractivity contribution is 5.96. The summed E-state index contributed by atoms with van der Waals surface area (Å²) in [4.78, 5) is 39.3. The Labute approximate surface area is 146 Å². The van der Waals surface area contributed by atoms with Gasteiger partial charge in [-0.05, 0) is 43.4 Å². The van der Waals surface area contributed by atoms with Crippen LogP contribution in [-0.2, 0) is 16.0 Å². The number of likely N-dealkylation sites (tertiary alicyclic amines) is 1. The van der Waals surface area contributed by atoms with E-state index in [-0.39, 0.29) is 24.3 Å². The summed E-state index contributed by atoms with van der Waals surface area (Å²) in [6.45, 7) is 2.18. The van der Waals surface area contributed by atoms with Crippen molar-refractivity contribution in [3.63, 3.8) is 0 Å². The standard InChI is InChI=1S/C18H24N4O3/c19-17(24)12-6-9-21(10-7-12)16(23)11-22-8-2-4-13-14(18(20)25)3-1-5-15(13)22/h1,3,5,12H,2,4,6-11H2,(H2,19,24)(H2,20,25). The summed E-state index contributed by atoms with van der Waals surface area (Å²) in [6, 6.07) is 5.48. The predicted octanol–water partition coefficient (Wildman–Crippen LogP) is 0.262. The van der Waals surface area contributed by atoms with Crippen LogP contribution in [0.2, 0.25) is 0 Å². The molecule has 3 rings (SSSR count). The number of amides is 3. The first-order valence-electron chi connectivity index (χ1n) is 8.71. The number of anilines is 1. The quantitative estimate of drug-likeness (QED) is 0.816. The summed E-state index contributed by atoms with van der Waals surface area (Å²) in [5.41, 5.74) is 13.2. The number of fused-ring (bicyclic) bond motifs is 1. The fraction of sp³-hybridized carbons (Fsp3) is 0.500. The van der Waals surface area contributed by atoms with E-state index < -0.39 is 5.91 Å². The van der Waals surface area contributed by atoms with Gasteiger partial charge in [-0.15, -0.1) is 0 Å². The van der Waals surface area contributed by atoms with Crippen molar-refractivity contribution in [2.75, 3.05) is 31.1 Å². The number of primary amides is 2. The predicted molar refractivity (Wildman–Crippen MR) is 94.0 cm³/mol. The van der Waals surface area contributed by atoms with Crippen LogP contribution in [0.3, 0.4) is 0 Å². The van der Waals surface area contributed by atoms with Crippen LogP contribution in [-0.4, -0.2) is 48.8 Å². The molecule has 0 bridgehead atoms. The molecule has 25 heavy (non-hydrogen) atoms. The highest BCUT2D eigenvalue weighted by Gasteiger charge is 2.28. The molecule has 4 N–H and O–H groups in total. The molecule has 0 unspecified atom stereocenters. The van der Waals surface area contributed by atoms with Crippen LogP contribution < -0.4 is 16.4 Å². The van der Waals surface area contributed by atoms with Crippen LogP contribution in [0.1, 0.15) is 35.2 Å². The summed E-state index contributed by atoms with van der Waals surface area (Å²) < 4.78 is 0. The molecule has 0 spiro atoms. The number of hydrogen-bond donors (Lipinski definition) is 2. The lowest BCUT2D eigenvalue weighted by Gasteiger charge is -2.35. The van der Waals surface area contributed by atoms with E-state index >= 15 is 0 Å². The van der Waals surface area contributed by atoms with E-state index in [1.165, 1.54) is 0 Å². The van der Waals surface area contributed by atoms with E-state index in [1.807, 2.05) is 11.0 Å². The summed E-state index contributed by atoms with van der Waals surface area (Å²) in [5.74, 6) is -0.798. The number of rotatable bonds is 4. The smallest absolute Gasteiger partial charge is 0.249 e. The van der Waals surface area contributed by atoms with Crippen molar-refractivity contribution in [1.29, 1.82) is 0 Å². The summed E-state index contributed by atoms with van der Waals surface area (Å²) in [5, 5.41) is 0. The van der Waals surface area contributed by atoms with Crippen molar-refractivity contribution in [3.05, 3.63) is 29.3 Å². The van der Waals surface area contributed by atoms with E-state index in [0.29, 0.717) is 31.5 Å². The molecule has 0 radical (unpaired) electrons. The maximum absolute atomic E-state index is 12.6. The molecule has 0 aromatic heterocycles. The molecule has 0 saturated carbocycles. The first kappa shape index (κ1) is 17.3. The van der Waals surface area contributed by atoms with Gasteiger partial charge in [-0.1, -0.05) is 6.07 Å². The molecule has 1 fully saturated rings.